The van der Waals surface area contributed by atoms with Gasteiger partial charge in [0.25, 0.3) is 23.6 Å². The lowest BCUT2D eigenvalue weighted by Gasteiger charge is -2.18. The second kappa shape index (κ2) is 41.6. The van der Waals surface area contributed by atoms with E-state index in [-0.39, 0.29) is 113 Å². The van der Waals surface area contributed by atoms with Crippen molar-refractivity contribution >= 4 is 148 Å². The van der Waals surface area contributed by atoms with Crippen molar-refractivity contribution in [1.82, 2.24) is 41.2 Å². The molecule has 4 N–H and O–H groups in total. The first-order valence-electron chi connectivity index (χ1n) is 38.9. The molecular weight excluding hydrogens is 1760 g/mol. The Morgan fingerprint density at radius 2 is 0.719 bits per heavy atom. The van der Waals surface area contributed by atoms with Crippen LogP contribution in [0.4, 0.5) is 8.78 Å². The van der Waals surface area contributed by atoms with Crippen molar-refractivity contribution in [3.63, 3.8) is 0 Å². The molecule has 28 heteroatoms. The van der Waals surface area contributed by atoms with E-state index in [9.17, 15) is 66.3 Å². The molecule has 14 rings (SSSR count). The molecule has 4 aliphatic rings. The summed E-state index contributed by atoms with van der Waals surface area (Å²) in [6, 6.07) is 48.3. The second-order valence-corrected chi connectivity index (χ2v) is 33.4. The van der Waals surface area contributed by atoms with Crippen molar-refractivity contribution in [3.05, 3.63) is 302 Å². The number of Topliss-reactive ketones (excluding diaryl/α,β-unsaturated/α-hetero) is 8. The molecule has 8 unspecified atom stereocenters. The van der Waals surface area contributed by atoms with Crippen LogP contribution in [0.15, 0.2) is 197 Å². The van der Waals surface area contributed by atoms with Gasteiger partial charge in [-0.05, 0) is 207 Å². The van der Waals surface area contributed by atoms with E-state index in [0.717, 1.165) is 72.2 Å². The maximum absolute atomic E-state index is 14.1. The number of amides is 4. The summed E-state index contributed by atoms with van der Waals surface area (Å²) in [7, 11) is 0. The Morgan fingerprint density at radius 1 is 0.372 bits per heavy atom. The van der Waals surface area contributed by atoms with Crippen LogP contribution < -0.4 is 21.3 Å². The maximum atomic E-state index is 14.1. The van der Waals surface area contributed by atoms with E-state index in [4.69, 9.17) is 46.4 Å². The Morgan fingerprint density at radius 3 is 1.08 bits per heavy atom. The lowest BCUT2D eigenvalue weighted by atomic mass is 9.85. The molecule has 8 atom stereocenters. The van der Waals surface area contributed by atoms with Crippen molar-refractivity contribution in [2.24, 2.45) is 23.7 Å². The van der Waals surface area contributed by atoms with E-state index in [1.54, 1.807) is 91.4 Å². The van der Waals surface area contributed by atoms with Crippen LogP contribution in [0.25, 0.3) is 22.3 Å². The highest BCUT2D eigenvalue weighted by Crippen LogP contribution is 2.45. The zero-order chi connectivity index (χ0) is 87.0. The van der Waals surface area contributed by atoms with Gasteiger partial charge in [0, 0.05) is 134 Å². The van der Waals surface area contributed by atoms with E-state index in [0.29, 0.717) is 81.1 Å². The third kappa shape index (κ3) is 22.7. The molecule has 4 aromatic heterocycles. The minimum Gasteiger partial charge on any atom is -0.351 e. The third-order valence-corrected chi connectivity index (χ3v) is 23.7. The van der Waals surface area contributed by atoms with Crippen LogP contribution in [0.3, 0.4) is 0 Å². The fourth-order valence-corrected chi connectivity index (χ4v) is 18.5. The molecular formula is C93H82Br2Cl4F2N8O12. The van der Waals surface area contributed by atoms with Crippen molar-refractivity contribution < 1.29 is 66.3 Å². The average molecular weight is 1840 g/mol. The number of benzene rings is 6. The number of halogens is 8. The average Bonchev–Trinajstić information content (AvgIpc) is 1.70. The van der Waals surface area contributed by atoms with Gasteiger partial charge in [0.15, 0.2) is 23.1 Å². The fraction of sp³-hybridized carbons (Fsp3) is 0.269. The number of aromatic nitrogens is 4. The lowest BCUT2D eigenvalue weighted by Crippen LogP contribution is -2.28. The zero-order valence-corrected chi connectivity index (χ0v) is 72.4. The normalized spacial score (nSPS) is 18.5. The molecule has 20 nitrogen and oxygen atoms in total. The summed E-state index contributed by atoms with van der Waals surface area (Å²) in [5, 5.41) is 12.4. The van der Waals surface area contributed by atoms with E-state index < -0.39 is 70.7 Å². The van der Waals surface area contributed by atoms with Crippen LogP contribution in [-0.4, -0.2) is 116 Å². The van der Waals surface area contributed by atoms with Crippen LogP contribution in [0.5, 0.6) is 0 Å². The van der Waals surface area contributed by atoms with Gasteiger partial charge >= 0.3 is 0 Å². The van der Waals surface area contributed by atoms with Gasteiger partial charge in [-0.3, -0.25) is 72.5 Å². The summed E-state index contributed by atoms with van der Waals surface area (Å²) in [6.07, 6.45) is 6.64. The summed E-state index contributed by atoms with van der Waals surface area (Å²) in [5.41, 5.74) is 11.8. The van der Waals surface area contributed by atoms with Gasteiger partial charge in [0.2, 0.25) is 5.95 Å². The molecule has 0 saturated heterocycles. The highest BCUT2D eigenvalue weighted by atomic mass is 79.9. The summed E-state index contributed by atoms with van der Waals surface area (Å²) >= 11 is 31.3. The van der Waals surface area contributed by atoms with Crippen LogP contribution in [-0.2, 0) is 38.4 Å². The summed E-state index contributed by atoms with van der Waals surface area (Å²) in [4.78, 5) is 166. The number of nitrogens with one attached hydrogen (secondary N) is 4. The quantitative estimate of drug-likeness (QED) is 0.0362. The zero-order valence-electron chi connectivity index (χ0n) is 66.2. The van der Waals surface area contributed by atoms with Crippen molar-refractivity contribution in [1.29, 1.82) is 0 Å². The Labute approximate surface area is 734 Å². The van der Waals surface area contributed by atoms with E-state index in [1.807, 2.05) is 52.0 Å². The first-order valence-corrected chi connectivity index (χ1v) is 42.0. The Hall–Kier alpha value is -10.9. The van der Waals surface area contributed by atoms with Gasteiger partial charge in [0.05, 0.1) is 0 Å². The van der Waals surface area contributed by atoms with Gasteiger partial charge in [0.1, 0.15) is 75.4 Å². The second-order valence-electron chi connectivity index (χ2n) is 30.0. The van der Waals surface area contributed by atoms with E-state index in [1.165, 1.54) is 29.8 Å². The van der Waals surface area contributed by atoms with Crippen LogP contribution in [0.1, 0.15) is 167 Å². The predicted molar refractivity (Wildman–Crippen MR) is 464 cm³/mol. The standard InChI is InChI=1S/C28H28N2O3.C27H24Cl2N2O3.C19H15Br2ClN2O3.C19H15ClF2N2O3/c1-17-7-9-20(10-8-17)22-14-18(2)25(19(3)15-22)26-24(31)16-21(27(26)32)11-13-30-28(33)23-6-4-5-12-29-23;1-15-9-18(19-11-20(28)14-21(29)12-19)10-16(2)24(15)25-23(32)13-17(26(25)33)6-8-31-27(34)22-5-3-4-7-30-22;20-11-8-12(21)16(13(22)9-11)17-15(25)7-10(18(17)26)4-6-24-19(27)14-3-1-2-5-23-14;20-11-3-1-4-12(21)16(11)17-14(25)9-10(18(17)26)7-8-23-19(27)13-5-2-6-15(22)24-13/h4-10,12,14-15,21,26H,11,13,16H2,1-3H3,(H,30,33);3-5,7,9-12,14,17,25H,6,8,13H2,1-2H3,(H,31,34);1-3,5,8-10,17H,4,6-7H2,(H,24,27);1-6,10,17H,7-9H2,(H,23,27). The number of carbonyl (C=O) groups is 12. The highest BCUT2D eigenvalue weighted by molar-refractivity contribution is 9.11. The molecule has 0 radical (unpaired) electrons. The van der Waals surface area contributed by atoms with Crippen molar-refractivity contribution in [2.45, 2.75) is 110 Å². The molecule has 10 aromatic rings. The number of pyridine rings is 4. The monoisotopic (exact) mass is 1840 g/mol. The number of hydrogen-bond acceptors (Lipinski definition) is 16. The minimum atomic E-state index is -1.22. The molecule has 4 amide bonds. The lowest BCUT2D eigenvalue weighted by molar-refractivity contribution is -0.126. The van der Waals surface area contributed by atoms with Crippen LogP contribution in [0.2, 0.25) is 20.1 Å². The number of nitrogens with zero attached hydrogens (tertiary/aromatic N) is 4. The summed E-state index contributed by atoms with van der Waals surface area (Å²) in [5.74, 6) is -9.68. The number of carbonyl (C=O) groups excluding carboxylic acids is 12. The first-order chi connectivity index (χ1) is 57.8. The molecule has 4 heterocycles. The smallest absolute Gasteiger partial charge is 0.269 e. The molecule has 4 aliphatic carbocycles. The van der Waals surface area contributed by atoms with Gasteiger partial charge < -0.3 is 21.3 Å². The first kappa shape index (κ1) is 90.9. The van der Waals surface area contributed by atoms with E-state index >= 15 is 0 Å². The molecule has 121 heavy (non-hydrogen) atoms. The number of aryl methyl sites for hydroxylation is 5. The fourth-order valence-electron chi connectivity index (χ4n) is 15.7. The Kier molecular flexibility index (Phi) is 31.3. The maximum Gasteiger partial charge on any atom is 0.269 e. The summed E-state index contributed by atoms with van der Waals surface area (Å²) in [6.45, 7) is 10.9. The van der Waals surface area contributed by atoms with Gasteiger partial charge in [-0.25, -0.2) is 9.37 Å². The Balaban J connectivity index is 0.000000158. The molecule has 622 valence electrons. The van der Waals surface area contributed by atoms with E-state index in [2.05, 4.69) is 116 Å². The number of ketones is 8. The number of rotatable bonds is 22. The molecule has 0 bridgehead atoms. The highest BCUT2D eigenvalue weighted by Gasteiger charge is 2.47. The predicted octanol–water partition coefficient (Wildman–Crippen LogP) is 17.9. The van der Waals surface area contributed by atoms with Crippen LogP contribution >= 0.6 is 78.3 Å². The van der Waals surface area contributed by atoms with Gasteiger partial charge in [-0.1, -0.05) is 163 Å². The third-order valence-electron chi connectivity index (χ3n) is 21.5. The Bertz CT molecular complexity index is 5570. The molecule has 6 aromatic carbocycles. The van der Waals surface area contributed by atoms with Gasteiger partial charge in [-0.15, -0.1) is 0 Å². The minimum absolute atomic E-state index is 0.0321. The topological polar surface area (TPSA) is 305 Å². The number of hydrogen-bond donors (Lipinski definition) is 4. The SMILES string of the molecule is Cc1cc(-c2cc(Cl)cc(Cl)c2)cc(C)c1C1C(=O)CC(CCNC(=O)c2ccccn2)C1=O.Cc1ccc(-c2cc(C)c(C3C(=O)CC(CCNC(=O)c4ccccn4)C3=O)c(C)c2)cc1.O=C(NCCC1CC(=O)C(c2c(Cl)cc(Br)cc2Br)C1=O)c1ccccn1.O=C(NCCC1CC(=O)C(c2c(F)cccc2Cl)C1=O)c1cccc(F)n1. The van der Waals surface area contributed by atoms with Crippen molar-refractivity contribution in [2.75, 3.05) is 26.2 Å². The van der Waals surface area contributed by atoms with Crippen LogP contribution in [0, 0.1) is 70.1 Å². The largest absolute Gasteiger partial charge is 0.351 e. The van der Waals surface area contributed by atoms with Crippen molar-refractivity contribution in [3.8, 4) is 22.3 Å². The molecule has 0 aliphatic heterocycles. The molecule has 4 saturated carbocycles. The molecule has 4 fully saturated rings. The molecule has 0 spiro atoms. The summed E-state index contributed by atoms with van der Waals surface area (Å²) < 4.78 is 28.5. The van der Waals surface area contributed by atoms with Gasteiger partial charge in [-0.2, -0.15) is 4.39 Å².